The van der Waals surface area contributed by atoms with Gasteiger partial charge in [0.15, 0.2) is 21.2 Å². The molecule has 0 atom stereocenters. The average molecular weight is 287 g/mol. The molecular formula is C10H13N3O5S. The smallest absolute Gasteiger partial charge is 0.354 e. The molecule has 0 radical (unpaired) electrons. The Hall–Kier alpha value is -1.90. The number of aromatic carboxylic acids is 1. The number of aromatic nitrogens is 2. The molecule has 0 spiro atoms. The second kappa shape index (κ2) is 5.00. The summed E-state index contributed by atoms with van der Waals surface area (Å²) in [5, 5.41) is 8.90. The third-order valence-electron chi connectivity index (χ3n) is 2.90. The van der Waals surface area contributed by atoms with Gasteiger partial charge in [-0.1, -0.05) is 0 Å². The molecule has 9 heteroatoms. The second-order valence-corrected chi connectivity index (χ2v) is 6.53. The number of hydrogen-bond donors (Lipinski definition) is 2. The van der Waals surface area contributed by atoms with Gasteiger partial charge in [0.25, 0.3) is 5.91 Å². The van der Waals surface area contributed by atoms with Gasteiger partial charge >= 0.3 is 5.97 Å². The number of carbonyl (C=O) groups is 2. The van der Waals surface area contributed by atoms with Crippen LogP contribution in [0.5, 0.6) is 0 Å². The maximum Gasteiger partial charge on any atom is 0.354 e. The van der Waals surface area contributed by atoms with Crippen LogP contribution >= 0.6 is 0 Å². The van der Waals surface area contributed by atoms with Crippen molar-refractivity contribution in [2.45, 2.75) is 6.42 Å². The first-order valence-corrected chi connectivity index (χ1v) is 7.49. The van der Waals surface area contributed by atoms with Crippen LogP contribution in [0.15, 0.2) is 6.33 Å². The van der Waals surface area contributed by atoms with Crippen LogP contribution in [0.4, 0.5) is 0 Å². The number of aromatic amines is 1. The van der Waals surface area contributed by atoms with E-state index in [-0.39, 0.29) is 36.0 Å². The fraction of sp³-hybridized carbons (Fsp3) is 0.500. The van der Waals surface area contributed by atoms with E-state index >= 15 is 0 Å². The lowest BCUT2D eigenvalue weighted by molar-refractivity contribution is 0.0671. The van der Waals surface area contributed by atoms with Gasteiger partial charge in [-0.25, -0.2) is 18.2 Å². The minimum Gasteiger partial charge on any atom is -0.477 e. The Bertz CT molecular complexity index is 606. The summed E-state index contributed by atoms with van der Waals surface area (Å²) in [6.45, 7) is 0.344. The molecule has 0 aliphatic carbocycles. The topological polar surface area (TPSA) is 120 Å². The lowest BCUT2D eigenvalue weighted by Gasteiger charge is -2.18. The van der Waals surface area contributed by atoms with Crippen LogP contribution in [0, 0.1) is 0 Å². The Kier molecular flexibility index (Phi) is 3.56. The maximum atomic E-state index is 12.1. The second-order valence-electron chi connectivity index (χ2n) is 4.23. The summed E-state index contributed by atoms with van der Waals surface area (Å²) in [6.07, 6.45) is 1.48. The van der Waals surface area contributed by atoms with Crippen molar-refractivity contribution in [2.24, 2.45) is 0 Å². The number of imidazole rings is 1. The minimum absolute atomic E-state index is 0.0448. The quantitative estimate of drug-likeness (QED) is 0.747. The van der Waals surface area contributed by atoms with Gasteiger partial charge in [0.05, 0.1) is 17.8 Å². The number of hydrogen-bond acceptors (Lipinski definition) is 5. The van der Waals surface area contributed by atoms with Crippen molar-refractivity contribution < 1.29 is 23.1 Å². The summed E-state index contributed by atoms with van der Waals surface area (Å²) >= 11 is 0. The number of nitrogens with one attached hydrogen (secondary N) is 1. The molecule has 1 fully saturated rings. The molecular weight excluding hydrogens is 274 g/mol. The van der Waals surface area contributed by atoms with Gasteiger partial charge in [-0.05, 0) is 6.42 Å². The number of nitrogens with zero attached hydrogens (tertiary/aromatic N) is 2. The molecule has 2 heterocycles. The van der Waals surface area contributed by atoms with Gasteiger partial charge in [-0.3, -0.25) is 4.79 Å². The van der Waals surface area contributed by atoms with E-state index in [1.807, 2.05) is 0 Å². The normalized spacial score (nSPS) is 18.8. The predicted octanol–water partition coefficient (Wildman–Crippen LogP) is -0.631. The third-order valence-corrected chi connectivity index (χ3v) is 4.61. The van der Waals surface area contributed by atoms with Gasteiger partial charge in [0.1, 0.15) is 0 Å². The van der Waals surface area contributed by atoms with Crippen LogP contribution in [0.3, 0.4) is 0 Å². The molecule has 1 saturated heterocycles. The van der Waals surface area contributed by atoms with Crippen LogP contribution < -0.4 is 0 Å². The minimum atomic E-state index is -3.12. The number of carboxylic acids is 1. The molecule has 1 aliphatic rings. The molecule has 1 aromatic rings. The Morgan fingerprint density at radius 3 is 2.74 bits per heavy atom. The fourth-order valence-electron chi connectivity index (χ4n) is 1.91. The zero-order valence-electron chi connectivity index (χ0n) is 10.00. The highest BCUT2D eigenvalue weighted by Gasteiger charge is 2.27. The molecule has 19 heavy (non-hydrogen) atoms. The highest BCUT2D eigenvalue weighted by atomic mass is 32.2. The summed E-state index contributed by atoms with van der Waals surface area (Å²) in [5.41, 5.74) is -0.469. The standard InChI is InChI=1S/C10H13N3O5S/c14-9(7-8(10(15)16)12-6-11-7)13-2-1-4-19(17,18)5-3-13/h6H,1-5H2,(H,11,12)(H,15,16). The van der Waals surface area contributed by atoms with Crippen molar-refractivity contribution in [3.8, 4) is 0 Å². The molecule has 1 aliphatic heterocycles. The molecule has 104 valence electrons. The predicted molar refractivity (Wildman–Crippen MR) is 64.7 cm³/mol. The third kappa shape index (κ3) is 2.92. The molecule has 0 aromatic carbocycles. The molecule has 0 unspecified atom stereocenters. The van der Waals surface area contributed by atoms with E-state index in [0.29, 0.717) is 6.42 Å². The van der Waals surface area contributed by atoms with Crippen LogP contribution in [0.1, 0.15) is 27.4 Å². The van der Waals surface area contributed by atoms with Crippen molar-refractivity contribution in [1.82, 2.24) is 14.9 Å². The monoisotopic (exact) mass is 287 g/mol. The van der Waals surface area contributed by atoms with Crippen molar-refractivity contribution >= 4 is 21.7 Å². The lowest BCUT2D eigenvalue weighted by atomic mass is 10.2. The van der Waals surface area contributed by atoms with Gasteiger partial charge in [0, 0.05) is 13.1 Å². The van der Waals surface area contributed by atoms with Crippen molar-refractivity contribution in [1.29, 1.82) is 0 Å². The molecule has 0 saturated carbocycles. The Morgan fingerprint density at radius 1 is 1.32 bits per heavy atom. The fourth-order valence-corrected chi connectivity index (χ4v) is 3.18. The highest BCUT2D eigenvalue weighted by Crippen LogP contribution is 2.11. The Morgan fingerprint density at radius 2 is 2.05 bits per heavy atom. The largest absolute Gasteiger partial charge is 0.477 e. The van der Waals surface area contributed by atoms with E-state index < -0.39 is 21.7 Å². The molecule has 1 aromatic heterocycles. The molecule has 0 bridgehead atoms. The average Bonchev–Trinajstić information content (AvgIpc) is 2.74. The van der Waals surface area contributed by atoms with Crippen molar-refractivity contribution in [3.63, 3.8) is 0 Å². The first-order valence-electron chi connectivity index (χ1n) is 5.67. The van der Waals surface area contributed by atoms with Crippen LogP contribution in [0.25, 0.3) is 0 Å². The summed E-state index contributed by atoms with van der Waals surface area (Å²) < 4.78 is 22.9. The number of amides is 1. The van der Waals surface area contributed by atoms with Crippen LogP contribution in [-0.2, 0) is 9.84 Å². The first kappa shape index (κ1) is 13.5. The van der Waals surface area contributed by atoms with E-state index in [9.17, 15) is 18.0 Å². The summed E-state index contributed by atoms with van der Waals surface area (Å²) in [5.74, 6) is -1.90. The van der Waals surface area contributed by atoms with Gasteiger partial charge in [-0.15, -0.1) is 0 Å². The van der Waals surface area contributed by atoms with Crippen LogP contribution in [0.2, 0.25) is 0 Å². The zero-order chi connectivity index (χ0) is 14.0. The van der Waals surface area contributed by atoms with Crippen molar-refractivity contribution in [2.75, 3.05) is 24.6 Å². The summed E-state index contributed by atoms with van der Waals surface area (Å²) in [7, 11) is -3.12. The molecule has 8 nitrogen and oxygen atoms in total. The maximum absolute atomic E-state index is 12.1. The van der Waals surface area contributed by atoms with E-state index in [2.05, 4.69) is 9.97 Å². The summed E-state index contributed by atoms with van der Waals surface area (Å²) in [6, 6.07) is 0. The SMILES string of the molecule is O=C(O)c1[nH]cnc1C(=O)N1CCCS(=O)(=O)CC1. The van der Waals surface area contributed by atoms with E-state index in [4.69, 9.17) is 5.11 Å². The molecule has 2 N–H and O–H groups in total. The first-order chi connectivity index (χ1) is 8.91. The van der Waals surface area contributed by atoms with E-state index in [1.54, 1.807) is 0 Å². The number of sulfone groups is 1. The Balaban J connectivity index is 2.20. The number of carboxylic acid groups (broad SMARTS) is 1. The van der Waals surface area contributed by atoms with Gasteiger partial charge in [-0.2, -0.15) is 0 Å². The number of carbonyl (C=O) groups excluding carboxylic acids is 1. The lowest BCUT2D eigenvalue weighted by Crippen LogP contribution is -2.34. The highest BCUT2D eigenvalue weighted by molar-refractivity contribution is 7.91. The van der Waals surface area contributed by atoms with Crippen molar-refractivity contribution in [3.05, 3.63) is 17.7 Å². The molecule has 2 rings (SSSR count). The van der Waals surface area contributed by atoms with Gasteiger partial charge in [0.2, 0.25) is 0 Å². The van der Waals surface area contributed by atoms with Crippen LogP contribution in [-0.4, -0.2) is 64.9 Å². The zero-order valence-corrected chi connectivity index (χ0v) is 10.8. The van der Waals surface area contributed by atoms with Gasteiger partial charge < -0.3 is 15.0 Å². The Labute approximate surface area is 109 Å². The number of H-pyrrole nitrogens is 1. The van der Waals surface area contributed by atoms with E-state index in [1.165, 1.54) is 4.90 Å². The van der Waals surface area contributed by atoms with E-state index in [0.717, 1.165) is 6.33 Å². The summed E-state index contributed by atoms with van der Waals surface area (Å²) in [4.78, 5) is 30.4. The number of rotatable bonds is 2. The molecule has 1 amide bonds.